The zero-order valence-corrected chi connectivity index (χ0v) is 8.29. The molecule has 0 saturated carbocycles. The van der Waals surface area contributed by atoms with E-state index in [0.29, 0.717) is 0 Å². The Morgan fingerprint density at radius 2 is 2.22 bits per heavy atom. The average Bonchev–Trinajstić information content (AvgIpc) is 1.77. The summed E-state index contributed by atoms with van der Waals surface area (Å²) in [6, 6.07) is 2.57. The van der Waals surface area contributed by atoms with Crippen LogP contribution in [0.1, 0.15) is 0 Å². The number of halogens is 2. The Balaban J connectivity index is 0.000000640. The maximum atomic E-state index is 11.9. The number of hydrogen-bond donors (Lipinski definition) is 0. The fourth-order valence-corrected chi connectivity index (χ4v) is 0.429. The first-order valence-corrected chi connectivity index (χ1v) is 2.36. The monoisotopic (exact) mass is 194 g/mol. The van der Waals surface area contributed by atoms with E-state index in [2.05, 4.69) is 11.2 Å². The molecule has 0 N–H and O–H groups in total. The molecule has 1 aromatic heterocycles. The van der Waals surface area contributed by atoms with Crippen molar-refractivity contribution in [2.24, 2.45) is 0 Å². The maximum absolute atomic E-state index is 11.9. The molecule has 0 aliphatic heterocycles. The molecule has 0 aliphatic carbocycles. The van der Waals surface area contributed by atoms with Gasteiger partial charge in [0.2, 0.25) is 0 Å². The van der Waals surface area contributed by atoms with Gasteiger partial charge in [0.25, 0.3) is 0 Å². The molecule has 0 unspecified atom stereocenters. The molecule has 0 saturated heterocycles. The molecular weight excluding hydrogens is 194 g/mol. The summed E-state index contributed by atoms with van der Waals surface area (Å²) < 4.78 is 11.9. The van der Waals surface area contributed by atoms with E-state index >= 15 is 0 Å². The van der Waals surface area contributed by atoms with Gasteiger partial charge in [-0.1, -0.05) is 11.6 Å². The Morgan fingerprint density at radius 1 is 1.56 bits per heavy atom. The van der Waals surface area contributed by atoms with E-state index in [1.807, 2.05) is 0 Å². The minimum absolute atomic E-state index is 0. The predicted molar refractivity (Wildman–Crippen MR) is 28.0 cm³/mol. The van der Waals surface area contributed by atoms with Crippen LogP contribution in [0, 0.1) is 12.0 Å². The summed E-state index contributed by atoms with van der Waals surface area (Å²) in [6.07, 6.45) is 2.05. The smallest absolute Gasteiger partial charge is 0.151 e. The topological polar surface area (TPSA) is 12.9 Å². The third kappa shape index (κ3) is 2.88. The quantitative estimate of drug-likeness (QED) is 0.454. The van der Waals surface area contributed by atoms with Crippen molar-refractivity contribution < 1.29 is 23.9 Å². The molecule has 0 spiro atoms. The Kier molecular flexibility index (Phi) is 3.91. The van der Waals surface area contributed by atoms with E-state index in [-0.39, 0.29) is 24.6 Å². The summed E-state index contributed by atoms with van der Waals surface area (Å²) in [5, 5.41) is 0.256. The zero-order valence-electron chi connectivity index (χ0n) is 4.56. The fraction of sp³-hybridized carbons (Fsp3) is 0. The van der Waals surface area contributed by atoms with Crippen molar-refractivity contribution in [3.63, 3.8) is 0 Å². The molecule has 1 aromatic rings. The van der Waals surface area contributed by atoms with Crippen molar-refractivity contribution in [3.05, 3.63) is 29.3 Å². The van der Waals surface area contributed by atoms with E-state index < -0.39 is 5.82 Å². The fourth-order valence-electron chi connectivity index (χ4n) is 0.323. The molecule has 0 atom stereocenters. The van der Waals surface area contributed by atoms with Crippen molar-refractivity contribution in [2.75, 3.05) is 0 Å². The van der Waals surface area contributed by atoms with Gasteiger partial charge in [0.1, 0.15) is 11.3 Å². The van der Waals surface area contributed by atoms with Gasteiger partial charge in [0.15, 0.2) is 5.82 Å². The van der Waals surface area contributed by atoms with E-state index in [4.69, 9.17) is 11.6 Å². The molecule has 0 bridgehead atoms. The summed E-state index contributed by atoms with van der Waals surface area (Å²) in [6.45, 7) is 0. The van der Waals surface area contributed by atoms with Crippen molar-refractivity contribution >= 4 is 11.6 Å². The first kappa shape index (κ1) is 8.99. The molecule has 1 nitrogen and oxygen atoms in total. The molecule has 43 valence electrons. The van der Waals surface area contributed by atoms with Crippen LogP contribution in [0.15, 0.2) is 12.1 Å². The second-order valence-corrected chi connectivity index (χ2v) is 1.61. The minimum Gasteiger partial charge on any atom is -0.231 e. The van der Waals surface area contributed by atoms with Crippen LogP contribution in [0.25, 0.3) is 0 Å². The number of pyridine rings is 1. The largest absolute Gasteiger partial charge is 0.231 e. The van der Waals surface area contributed by atoms with Gasteiger partial charge in [-0.15, -0.1) is 0 Å². The normalized spacial score (nSPS) is 8.22. The molecular formula is C5H2ClFNZn. The van der Waals surface area contributed by atoms with Crippen LogP contribution in [0.4, 0.5) is 4.39 Å². The average molecular weight is 196 g/mol. The van der Waals surface area contributed by atoms with Crippen molar-refractivity contribution in [2.45, 2.75) is 0 Å². The van der Waals surface area contributed by atoms with E-state index in [9.17, 15) is 4.39 Å². The molecule has 1 radical (unpaired) electrons. The van der Waals surface area contributed by atoms with Gasteiger partial charge in [0.05, 0.1) is 0 Å². The zero-order chi connectivity index (χ0) is 5.98. The Labute approximate surface area is 70.0 Å². The molecule has 0 aromatic carbocycles. The van der Waals surface area contributed by atoms with Crippen molar-refractivity contribution in [1.82, 2.24) is 4.98 Å². The molecule has 0 aliphatic rings. The Morgan fingerprint density at radius 3 is 2.56 bits per heavy atom. The third-order valence-corrected chi connectivity index (χ3v) is 0.847. The second kappa shape index (κ2) is 3.91. The summed E-state index contributed by atoms with van der Waals surface area (Å²) in [5.41, 5.74) is 0. The maximum Gasteiger partial charge on any atom is 0.151 e. The van der Waals surface area contributed by atoms with Crippen LogP contribution in [0.2, 0.25) is 5.15 Å². The minimum atomic E-state index is -0.491. The second-order valence-electron chi connectivity index (χ2n) is 1.23. The Hall–Kier alpha value is -0.00662. The van der Waals surface area contributed by atoms with Crippen molar-refractivity contribution in [3.8, 4) is 0 Å². The van der Waals surface area contributed by atoms with Crippen LogP contribution in [-0.2, 0) is 19.5 Å². The van der Waals surface area contributed by atoms with Crippen LogP contribution in [0.5, 0.6) is 0 Å². The molecule has 0 fully saturated rings. The Bertz CT molecular complexity index is 156. The molecule has 4 heteroatoms. The molecule has 0 amide bonds. The number of hydrogen-bond acceptors (Lipinski definition) is 1. The standard InChI is InChI=1S/C5H2ClFN.Zn/c6-5-2-1-4(7)3-8-5;/h1-2H;. The van der Waals surface area contributed by atoms with Crippen LogP contribution >= 0.6 is 11.6 Å². The van der Waals surface area contributed by atoms with Crippen LogP contribution in [0.3, 0.4) is 0 Å². The number of rotatable bonds is 0. The van der Waals surface area contributed by atoms with E-state index in [1.165, 1.54) is 12.1 Å². The summed E-state index contributed by atoms with van der Waals surface area (Å²) in [4.78, 5) is 3.34. The summed E-state index contributed by atoms with van der Waals surface area (Å²) >= 11 is 5.30. The van der Waals surface area contributed by atoms with E-state index in [0.717, 1.165) is 0 Å². The van der Waals surface area contributed by atoms with Gasteiger partial charge in [-0.2, -0.15) is 0 Å². The van der Waals surface area contributed by atoms with Gasteiger partial charge < -0.3 is 0 Å². The van der Waals surface area contributed by atoms with Crippen LogP contribution < -0.4 is 0 Å². The van der Waals surface area contributed by atoms with Gasteiger partial charge in [0, 0.05) is 19.5 Å². The van der Waals surface area contributed by atoms with Gasteiger partial charge in [-0.25, -0.2) is 9.37 Å². The molecule has 9 heavy (non-hydrogen) atoms. The SMILES string of the molecule is Fc1[c]nc(Cl)cc1.[Zn]. The van der Waals surface area contributed by atoms with Gasteiger partial charge in [-0.3, -0.25) is 0 Å². The first-order chi connectivity index (χ1) is 3.79. The summed E-state index contributed by atoms with van der Waals surface area (Å²) in [5.74, 6) is -0.491. The van der Waals surface area contributed by atoms with Gasteiger partial charge >= 0.3 is 0 Å². The van der Waals surface area contributed by atoms with Gasteiger partial charge in [-0.05, 0) is 12.1 Å². The first-order valence-electron chi connectivity index (χ1n) is 1.99. The number of nitrogens with zero attached hydrogens (tertiary/aromatic N) is 1. The predicted octanol–water partition coefficient (Wildman–Crippen LogP) is 1.67. The molecule has 1 rings (SSSR count). The molecule has 1 heterocycles. The summed E-state index contributed by atoms with van der Waals surface area (Å²) in [7, 11) is 0. The van der Waals surface area contributed by atoms with Crippen LogP contribution in [-0.4, -0.2) is 4.98 Å². The third-order valence-electron chi connectivity index (χ3n) is 0.637. The van der Waals surface area contributed by atoms with E-state index in [1.54, 1.807) is 0 Å². The number of aromatic nitrogens is 1. The van der Waals surface area contributed by atoms with Crippen molar-refractivity contribution in [1.29, 1.82) is 0 Å².